The molecule has 0 unspecified atom stereocenters. The molecule has 0 amide bonds. The summed E-state index contributed by atoms with van der Waals surface area (Å²) < 4.78 is 0. The summed E-state index contributed by atoms with van der Waals surface area (Å²) in [5, 5.41) is 9.43. The van der Waals surface area contributed by atoms with Crippen molar-refractivity contribution in [3.63, 3.8) is 0 Å². The van der Waals surface area contributed by atoms with Crippen LogP contribution in [0.4, 0.5) is 0 Å². The molecule has 0 radical (unpaired) electrons. The van der Waals surface area contributed by atoms with Gasteiger partial charge in [-0.15, -0.1) is 0 Å². The standard InChI is InChI=1S/C11H22O/c1-3-5-7-8-10-11(12)9-6-4-2/h4,6,11-12H,3,5,7-10H2,1-2H3/b6-4-/t11-/m0/s1. The normalized spacial score (nSPS) is 13.9. The van der Waals surface area contributed by atoms with Gasteiger partial charge in [0.05, 0.1) is 6.10 Å². The van der Waals surface area contributed by atoms with Crippen molar-refractivity contribution >= 4 is 0 Å². The van der Waals surface area contributed by atoms with E-state index in [0.717, 1.165) is 12.8 Å². The third kappa shape index (κ3) is 7.80. The highest BCUT2D eigenvalue weighted by Crippen LogP contribution is 2.07. The topological polar surface area (TPSA) is 20.2 Å². The monoisotopic (exact) mass is 170 g/mol. The van der Waals surface area contributed by atoms with E-state index in [9.17, 15) is 5.11 Å². The van der Waals surface area contributed by atoms with Gasteiger partial charge in [-0.2, -0.15) is 0 Å². The molecule has 0 aliphatic rings. The summed E-state index contributed by atoms with van der Waals surface area (Å²) >= 11 is 0. The van der Waals surface area contributed by atoms with Crippen LogP contribution in [0.15, 0.2) is 12.2 Å². The Bertz CT molecular complexity index is 108. The lowest BCUT2D eigenvalue weighted by Gasteiger charge is -2.06. The van der Waals surface area contributed by atoms with Crippen molar-refractivity contribution in [3.8, 4) is 0 Å². The van der Waals surface area contributed by atoms with Crippen molar-refractivity contribution in [3.05, 3.63) is 12.2 Å². The maximum absolute atomic E-state index is 9.43. The quantitative estimate of drug-likeness (QED) is 0.459. The highest BCUT2D eigenvalue weighted by molar-refractivity contribution is 4.79. The van der Waals surface area contributed by atoms with Crippen molar-refractivity contribution in [2.24, 2.45) is 0 Å². The van der Waals surface area contributed by atoms with Gasteiger partial charge in [-0.1, -0.05) is 44.8 Å². The van der Waals surface area contributed by atoms with Gasteiger partial charge < -0.3 is 5.11 Å². The second-order valence-corrected chi connectivity index (χ2v) is 3.31. The number of aliphatic hydroxyl groups excluding tert-OH is 1. The lowest BCUT2D eigenvalue weighted by molar-refractivity contribution is 0.164. The summed E-state index contributed by atoms with van der Waals surface area (Å²) in [6, 6.07) is 0. The summed E-state index contributed by atoms with van der Waals surface area (Å²) in [6.07, 6.45) is 10.7. The maximum Gasteiger partial charge on any atom is 0.0574 e. The van der Waals surface area contributed by atoms with Gasteiger partial charge in [-0.25, -0.2) is 0 Å². The number of aliphatic hydroxyl groups is 1. The first-order chi connectivity index (χ1) is 5.81. The van der Waals surface area contributed by atoms with Gasteiger partial charge >= 0.3 is 0 Å². The molecule has 0 aromatic heterocycles. The molecule has 72 valence electrons. The van der Waals surface area contributed by atoms with Crippen LogP contribution in [0.3, 0.4) is 0 Å². The Kier molecular flexibility index (Phi) is 8.57. The number of hydrogen-bond acceptors (Lipinski definition) is 1. The van der Waals surface area contributed by atoms with Crippen LogP contribution in [-0.4, -0.2) is 11.2 Å². The Balaban J connectivity index is 3.13. The fourth-order valence-electron chi connectivity index (χ4n) is 1.22. The van der Waals surface area contributed by atoms with Gasteiger partial charge in [0.2, 0.25) is 0 Å². The zero-order chi connectivity index (χ0) is 9.23. The van der Waals surface area contributed by atoms with Gasteiger partial charge in [-0.05, 0) is 19.8 Å². The molecule has 0 saturated carbocycles. The molecule has 1 nitrogen and oxygen atoms in total. The number of hydrogen-bond donors (Lipinski definition) is 1. The molecule has 0 heterocycles. The molecule has 0 saturated heterocycles. The summed E-state index contributed by atoms with van der Waals surface area (Å²) in [7, 11) is 0. The van der Waals surface area contributed by atoms with Gasteiger partial charge in [0, 0.05) is 0 Å². The molecule has 12 heavy (non-hydrogen) atoms. The lowest BCUT2D eigenvalue weighted by Crippen LogP contribution is -2.03. The molecule has 0 rings (SSSR count). The average molecular weight is 170 g/mol. The summed E-state index contributed by atoms with van der Waals surface area (Å²) in [4.78, 5) is 0. The predicted molar refractivity (Wildman–Crippen MR) is 54.2 cm³/mol. The highest BCUT2D eigenvalue weighted by atomic mass is 16.3. The Morgan fingerprint density at radius 1 is 1.25 bits per heavy atom. The molecular weight excluding hydrogens is 148 g/mol. The average Bonchev–Trinajstić information content (AvgIpc) is 2.09. The van der Waals surface area contributed by atoms with E-state index in [2.05, 4.69) is 6.92 Å². The minimum absolute atomic E-state index is 0.113. The largest absolute Gasteiger partial charge is 0.393 e. The molecule has 1 atom stereocenters. The van der Waals surface area contributed by atoms with E-state index in [1.807, 2.05) is 19.1 Å². The summed E-state index contributed by atoms with van der Waals surface area (Å²) in [6.45, 7) is 4.19. The van der Waals surface area contributed by atoms with E-state index in [-0.39, 0.29) is 6.10 Å². The SMILES string of the molecule is C/C=C\C[C@H](O)CCCCCC. The fraction of sp³-hybridized carbons (Fsp3) is 0.818. The molecule has 0 aromatic rings. The second kappa shape index (κ2) is 8.79. The minimum Gasteiger partial charge on any atom is -0.393 e. The maximum atomic E-state index is 9.43. The zero-order valence-electron chi connectivity index (χ0n) is 8.42. The van der Waals surface area contributed by atoms with Gasteiger partial charge in [0.1, 0.15) is 0 Å². The molecule has 1 N–H and O–H groups in total. The third-order valence-corrected chi connectivity index (χ3v) is 2.03. The van der Waals surface area contributed by atoms with Crippen LogP contribution >= 0.6 is 0 Å². The van der Waals surface area contributed by atoms with Crippen molar-refractivity contribution in [2.75, 3.05) is 0 Å². The Labute approximate surface area is 76.5 Å². The van der Waals surface area contributed by atoms with E-state index in [4.69, 9.17) is 0 Å². The number of rotatable bonds is 7. The molecule has 0 spiro atoms. The first-order valence-corrected chi connectivity index (χ1v) is 5.10. The predicted octanol–water partition coefficient (Wildman–Crippen LogP) is 3.28. The second-order valence-electron chi connectivity index (χ2n) is 3.31. The molecule has 0 aromatic carbocycles. The van der Waals surface area contributed by atoms with Crippen LogP contribution in [0.5, 0.6) is 0 Å². The molecule has 0 aliphatic carbocycles. The Hall–Kier alpha value is -0.300. The minimum atomic E-state index is -0.113. The smallest absolute Gasteiger partial charge is 0.0574 e. The van der Waals surface area contributed by atoms with E-state index in [1.54, 1.807) is 0 Å². The zero-order valence-corrected chi connectivity index (χ0v) is 8.42. The van der Waals surface area contributed by atoms with Crippen molar-refractivity contribution in [1.82, 2.24) is 0 Å². The number of allylic oxidation sites excluding steroid dienone is 1. The van der Waals surface area contributed by atoms with Crippen LogP contribution < -0.4 is 0 Å². The molecule has 0 fully saturated rings. The van der Waals surface area contributed by atoms with E-state index < -0.39 is 0 Å². The van der Waals surface area contributed by atoms with E-state index >= 15 is 0 Å². The highest BCUT2D eigenvalue weighted by Gasteiger charge is 1.99. The molecule has 1 heteroatoms. The Morgan fingerprint density at radius 2 is 2.00 bits per heavy atom. The Morgan fingerprint density at radius 3 is 2.58 bits per heavy atom. The summed E-state index contributed by atoms with van der Waals surface area (Å²) in [5.41, 5.74) is 0. The van der Waals surface area contributed by atoms with E-state index in [1.165, 1.54) is 25.7 Å². The fourth-order valence-corrected chi connectivity index (χ4v) is 1.22. The van der Waals surface area contributed by atoms with Crippen LogP contribution in [0.1, 0.15) is 52.4 Å². The number of unbranched alkanes of at least 4 members (excludes halogenated alkanes) is 3. The first-order valence-electron chi connectivity index (χ1n) is 5.10. The lowest BCUT2D eigenvalue weighted by atomic mass is 10.1. The van der Waals surface area contributed by atoms with E-state index in [0.29, 0.717) is 0 Å². The molecular formula is C11H22O. The van der Waals surface area contributed by atoms with Crippen molar-refractivity contribution < 1.29 is 5.11 Å². The molecule has 0 aliphatic heterocycles. The van der Waals surface area contributed by atoms with Gasteiger partial charge in [0.15, 0.2) is 0 Å². The molecule has 0 bridgehead atoms. The summed E-state index contributed by atoms with van der Waals surface area (Å²) in [5.74, 6) is 0. The van der Waals surface area contributed by atoms with Crippen LogP contribution in [0.25, 0.3) is 0 Å². The van der Waals surface area contributed by atoms with Crippen molar-refractivity contribution in [1.29, 1.82) is 0 Å². The van der Waals surface area contributed by atoms with Gasteiger partial charge in [0.25, 0.3) is 0 Å². The van der Waals surface area contributed by atoms with Crippen molar-refractivity contribution in [2.45, 2.75) is 58.5 Å². The third-order valence-electron chi connectivity index (χ3n) is 2.03. The van der Waals surface area contributed by atoms with Crippen LogP contribution in [0.2, 0.25) is 0 Å². The van der Waals surface area contributed by atoms with Gasteiger partial charge in [-0.3, -0.25) is 0 Å². The van der Waals surface area contributed by atoms with Crippen LogP contribution in [-0.2, 0) is 0 Å². The first kappa shape index (κ1) is 11.7. The van der Waals surface area contributed by atoms with Crippen LogP contribution in [0, 0.1) is 0 Å².